The van der Waals surface area contributed by atoms with Gasteiger partial charge in [-0.1, -0.05) is 19.9 Å². The van der Waals surface area contributed by atoms with Gasteiger partial charge < -0.3 is 10.1 Å². The lowest BCUT2D eigenvalue weighted by molar-refractivity contribution is 0.181. The maximum Gasteiger partial charge on any atom is 0.0992 e. The summed E-state index contributed by atoms with van der Waals surface area (Å²) in [7, 11) is 1.71. The molecule has 0 saturated carbocycles. The highest BCUT2D eigenvalue weighted by atomic mass is 32.1. The number of pyridine rings is 1. The maximum absolute atomic E-state index is 5.24. The second-order valence-electron chi connectivity index (χ2n) is 4.94. The molecule has 0 spiro atoms. The molecule has 4 nitrogen and oxygen atoms in total. The number of nitrogens with zero attached hydrogens (tertiary/aromatic N) is 2. The number of nitrogens with one attached hydrogen (secondary N) is 1. The minimum atomic E-state index is 0.465. The molecule has 0 aliphatic heterocycles. The van der Waals surface area contributed by atoms with Crippen LogP contribution in [0.15, 0.2) is 24.4 Å². The molecule has 2 heterocycles. The van der Waals surface area contributed by atoms with Crippen molar-refractivity contribution in [1.82, 2.24) is 15.3 Å². The van der Waals surface area contributed by atoms with Crippen molar-refractivity contribution in [3.8, 4) is 0 Å². The fraction of sp³-hybridized carbons (Fsp3) is 0.467. The highest BCUT2D eigenvalue weighted by molar-refractivity contribution is 7.11. The van der Waals surface area contributed by atoms with Crippen molar-refractivity contribution >= 4 is 11.3 Å². The van der Waals surface area contributed by atoms with E-state index in [1.807, 2.05) is 24.4 Å². The maximum atomic E-state index is 5.24. The number of hydrogen-bond acceptors (Lipinski definition) is 5. The van der Waals surface area contributed by atoms with Crippen molar-refractivity contribution in [2.24, 2.45) is 0 Å². The Morgan fingerprint density at radius 2 is 2.20 bits per heavy atom. The van der Waals surface area contributed by atoms with E-state index >= 15 is 0 Å². The van der Waals surface area contributed by atoms with E-state index in [1.54, 1.807) is 18.4 Å². The third-order valence-electron chi connectivity index (χ3n) is 2.83. The lowest BCUT2D eigenvalue weighted by Gasteiger charge is -2.07. The van der Waals surface area contributed by atoms with Gasteiger partial charge in [0.2, 0.25) is 0 Å². The molecule has 1 N–H and O–H groups in total. The van der Waals surface area contributed by atoms with E-state index in [9.17, 15) is 0 Å². The molecule has 0 aliphatic carbocycles. The average molecular weight is 291 g/mol. The Morgan fingerprint density at radius 3 is 2.85 bits per heavy atom. The Balaban J connectivity index is 2.11. The predicted octanol–water partition coefficient (Wildman–Crippen LogP) is 2.77. The molecule has 0 amide bonds. The molecule has 0 fully saturated rings. The first-order chi connectivity index (χ1) is 9.69. The number of rotatable bonds is 7. The van der Waals surface area contributed by atoms with Gasteiger partial charge in [-0.15, -0.1) is 11.3 Å². The summed E-state index contributed by atoms with van der Waals surface area (Å²) in [5.74, 6) is 0. The quantitative estimate of drug-likeness (QED) is 0.852. The van der Waals surface area contributed by atoms with Crippen molar-refractivity contribution in [2.45, 2.75) is 39.5 Å². The molecule has 0 saturated heterocycles. The molecule has 0 bridgehead atoms. The highest BCUT2D eigenvalue weighted by Gasteiger charge is 2.12. The van der Waals surface area contributed by atoms with Crippen LogP contribution < -0.4 is 5.32 Å². The van der Waals surface area contributed by atoms with Gasteiger partial charge in [0.15, 0.2) is 0 Å². The van der Waals surface area contributed by atoms with E-state index in [0.29, 0.717) is 12.6 Å². The minimum Gasteiger partial charge on any atom is -0.378 e. The number of aromatic nitrogens is 2. The lowest BCUT2D eigenvalue weighted by atomic mass is 10.3. The van der Waals surface area contributed by atoms with Gasteiger partial charge in [-0.3, -0.25) is 4.98 Å². The number of ether oxygens (including phenoxy) is 1. The molecule has 0 aliphatic rings. The molecule has 2 rings (SSSR count). The zero-order valence-corrected chi connectivity index (χ0v) is 13.0. The first-order valence-corrected chi connectivity index (χ1v) is 7.60. The van der Waals surface area contributed by atoms with Crippen molar-refractivity contribution < 1.29 is 4.74 Å². The summed E-state index contributed by atoms with van der Waals surface area (Å²) >= 11 is 1.74. The molecule has 2 aromatic heterocycles. The number of thiazole rings is 1. The Hall–Kier alpha value is -1.30. The predicted molar refractivity (Wildman–Crippen MR) is 81.8 cm³/mol. The van der Waals surface area contributed by atoms with E-state index in [-0.39, 0.29) is 0 Å². The third-order valence-corrected chi connectivity index (χ3v) is 3.93. The van der Waals surface area contributed by atoms with Gasteiger partial charge in [-0.25, -0.2) is 4.98 Å². The summed E-state index contributed by atoms with van der Waals surface area (Å²) < 4.78 is 5.24. The lowest BCUT2D eigenvalue weighted by Crippen LogP contribution is -2.21. The van der Waals surface area contributed by atoms with Gasteiger partial charge in [0.25, 0.3) is 0 Å². The highest BCUT2D eigenvalue weighted by Crippen LogP contribution is 2.21. The standard InChI is InChI=1S/C15H21N3OS/c1-11(2)17-9-14-13(10-19-3)18-15(20-14)8-12-6-4-5-7-16-12/h4-7,11,17H,8-10H2,1-3H3. The monoisotopic (exact) mass is 291 g/mol. The fourth-order valence-corrected chi connectivity index (χ4v) is 2.89. The van der Waals surface area contributed by atoms with Crippen LogP contribution in [0.3, 0.4) is 0 Å². The molecule has 20 heavy (non-hydrogen) atoms. The fourth-order valence-electron chi connectivity index (χ4n) is 1.85. The van der Waals surface area contributed by atoms with Crippen molar-refractivity contribution in [1.29, 1.82) is 0 Å². The van der Waals surface area contributed by atoms with E-state index in [4.69, 9.17) is 4.74 Å². The number of hydrogen-bond donors (Lipinski definition) is 1. The van der Waals surface area contributed by atoms with Crippen LogP contribution in [0.1, 0.15) is 35.1 Å². The summed E-state index contributed by atoms with van der Waals surface area (Å²) in [5.41, 5.74) is 2.09. The normalized spacial score (nSPS) is 11.2. The van der Waals surface area contributed by atoms with Crippen LogP contribution in [-0.2, 0) is 24.3 Å². The summed E-state index contributed by atoms with van der Waals surface area (Å²) in [6, 6.07) is 6.43. The second-order valence-corrected chi connectivity index (χ2v) is 6.11. The van der Waals surface area contributed by atoms with E-state index in [1.165, 1.54) is 4.88 Å². The average Bonchev–Trinajstić information content (AvgIpc) is 2.80. The third kappa shape index (κ3) is 4.37. The van der Waals surface area contributed by atoms with E-state index < -0.39 is 0 Å². The van der Waals surface area contributed by atoms with Crippen LogP contribution in [0.4, 0.5) is 0 Å². The molecule has 5 heteroatoms. The van der Waals surface area contributed by atoms with Crippen LogP contribution in [-0.4, -0.2) is 23.1 Å². The van der Waals surface area contributed by atoms with Crippen molar-refractivity contribution in [3.05, 3.63) is 45.7 Å². The summed E-state index contributed by atoms with van der Waals surface area (Å²) in [4.78, 5) is 10.3. The molecule has 0 unspecified atom stereocenters. The molecular weight excluding hydrogens is 270 g/mol. The minimum absolute atomic E-state index is 0.465. The molecule has 0 aromatic carbocycles. The van der Waals surface area contributed by atoms with Gasteiger partial charge in [-0.05, 0) is 12.1 Å². The van der Waals surface area contributed by atoms with Gasteiger partial charge in [0.1, 0.15) is 0 Å². The van der Waals surface area contributed by atoms with Crippen molar-refractivity contribution in [2.75, 3.05) is 7.11 Å². The smallest absolute Gasteiger partial charge is 0.0992 e. The first-order valence-electron chi connectivity index (χ1n) is 6.78. The topological polar surface area (TPSA) is 47.0 Å². The van der Waals surface area contributed by atoms with Crippen LogP contribution >= 0.6 is 11.3 Å². The summed E-state index contributed by atoms with van der Waals surface area (Å²) in [5, 5.41) is 4.53. The van der Waals surface area contributed by atoms with Gasteiger partial charge in [-0.2, -0.15) is 0 Å². The Labute approximate surface area is 124 Å². The zero-order chi connectivity index (χ0) is 14.4. The van der Waals surface area contributed by atoms with Gasteiger partial charge in [0.05, 0.1) is 17.3 Å². The van der Waals surface area contributed by atoms with E-state index in [2.05, 4.69) is 29.1 Å². The molecule has 0 atom stereocenters. The van der Waals surface area contributed by atoms with Crippen molar-refractivity contribution in [3.63, 3.8) is 0 Å². The largest absolute Gasteiger partial charge is 0.378 e. The van der Waals surface area contributed by atoms with E-state index in [0.717, 1.165) is 29.4 Å². The van der Waals surface area contributed by atoms with Crippen LogP contribution in [0.25, 0.3) is 0 Å². The molecular formula is C15H21N3OS. The number of methoxy groups -OCH3 is 1. The van der Waals surface area contributed by atoms with Crippen LogP contribution in [0.2, 0.25) is 0 Å². The van der Waals surface area contributed by atoms with Crippen LogP contribution in [0, 0.1) is 0 Å². The van der Waals surface area contributed by atoms with Gasteiger partial charge >= 0.3 is 0 Å². The Kier molecular flexibility index (Phi) is 5.64. The molecule has 0 radical (unpaired) electrons. The molecule has 108 valence electrons. The first kappa shape index (κ1) is 15.1. The summed E-state index contributed by atoms with van der Waals surface area (Å²) in [6.07, 6.45) is 2.60. The second kappa shape index (κ2) is 7.47. The van der Waals surface area contributed by atoms with Gasteiger partial charge in [0, 0.05) is 42.9 Å². The Morgan fingerprint density at radius 1 is 1.35 bits per heavy atom. The van der Waals surface area contributed by atoms with Crippen LogP contribution in [0.5, 0.6) is 0 Å². The summed E-state index contributed by atoms with van der Waals surface area (Å²) in [6.45, 7) is 5.70. The SMILES string of the molecule is COCc1nc(Cc2ccccn2)sc1CNC(C)C. The molecule has 2 aromatic rings. The Bertz CT molecular complexity index is 525. The zero-order valence-electron chi connectivity index (χ0n) is 12.2.